The Hall–Kier alpha value is -0.170. The summed E-state index contributed by atoms with van der Waals surface area (Å²) in [5.74, 6) is 1.43. The van der Waals surface area contributed by atoms with Gasteiger partial charge in [-0.2, -0.15) is 0 Å². The average Bonchev–Trinajstić information content (AvgIpc) is 2.84. The minimum absolute atomic E-state index is 0.210. The SMILES string of the molecule is Cc1nnc(SCC(N)C2CCOC2)s1. The second-order valence-electron chi connectivity index (χ2n) is 3.69. The van der Waals surface area contributed by atoms with Crippen molar-refractivity contribution in [3.05, 3.63) is 5.01 Å². The van der Waals surface area contributed by atoms with Gasteiger partial charge in [-0.05, 0) is 13.3 Å². The van der Waals surface area contributed by atoms with E-state index in [1.165, 1.54) is 0 Å². The maximum Gasteiger partial charge on any atom is 0.174 e. The van der Waals surface area contributed by atoms with E-state index in [9.17, 15) is 0 Å². The fourth-order valence-electron chi connectivity index (χ4n) is 1.53. The van der Waals surface area contributed by atoms with Crippen molar-refractivity contribution in [3.63, 3.8) is 0 Å². The first-order chi connectivity index (χ1) is 7.25. The second-order valence-corrected chi connectivity index (χ2v) is 6.13. The van der Waals surface area contributed by atoms with Crippen molar-refractivity contribution in [2.45, 2.75) is 23.7 Å². The molecule has 2 rings (SSSR count). The van der Waals surface area contributed by atoms with E-state index < -0.39 is 0 Å². The molecule has 1 aromatic heterocycles. The summed E-state index contributed by atoms with van der Waals surface area (Å²) in [6.45, 7) is 3.64. The maximum atomic E-state index is 6.09. The van der Waals surface area contributed by atoms with Crippen molar-refractivity contribution in [1.29, 1.82) is 0 Å². The zero-order valence-corrected chi connectivity index (χ0v) is 10.3. The van der Waals surface area contributed by atoms with Crippen molar-refractivity contribution in [2.24, 2.45) is 11.7 Å². The highest BCUT2D eigenvalue weighted by Crippen LogP contribution is 2.25. The van der Waals surface area contributed by atoms with Crippen LogP contribution in [0, 0.1) is 12.8 Å². The first kappa shape index (κ1) is 11.3. The summed E-state index contributed by atoms with van der Waals surface area (Å²) in [5.41, 5.74) is 6.09. The van der Waals surface area contributed by atoms with Crippen molar-refractivity contribution >= 4 is 23.1 Å². The van der Waals surface area contributed by atoms with Gasteiger partial charge in [0.25, 0.3) is 0 Å². The van der Waals surface area contributed by atoms with E-state index in [1.54, 1.807) is 23.1 Å². The van der Waals surface area contributed by atoms with E-state index in [2.05, 4.69) is 10.2 Å². The monoisotopic (exact) mass is 245 g/mol. The molecule has 1 aromatic rings. The van der Waals surface area contributed by atoms with Crippen LogP contribution in [-0.2, 0) is 4.74 Å². The number of ether oxygens (including phenoxy) is 1. The van der Waals surface area contributed by atoms with Crippen LogP contribution in [0.25, 0.3) is 0 Å². The molecule has 15 heavy (non-hydrogen) atoms. The van der Waals surface area contributed by atoms with Gasteiger partial charge < -0.3 is 10.5 Å². The molecule has 0 aromatic carbocycles. The largest absolute Gasteiger partial charge is 0.381 e. The lowest BCUT2D eigenvalue weighted by Crippen LogP contribution is -2.32. The topological polar surface area (TPSA) is 61.0 Å². The number of nitrogens with two attached hydrogens (primary N) is 1. The number of rotatable bonds is 4. The van der Waals surface area contributed by atoms with Gasteiger partial charge in [0.2, 0.25) is 0 Å². The molecule has 0 saturated carbocycles. The molecule has 0 spiro atoms. The van der Waals surface area contributed by atoms with Crippen molar-refractivity contribution in [3.8, 4) is 0 Å². The number of hydrogen-bond donors (Lipinski definition) is 1. The highest BCUT2D eigenvalue weighted by molar-refractivity contribution is 8.01. The lowest BCUT2D eigenvalue weighted by molar-refractivity contribution is 0.182. The molecule has 0 bridgehead atoms. The van der Waals surface area contributed by atoms with Crippen molar-refractivity contribution in [1.82, 2.24) is 10.2 Å². The molecule has 0 aliphatic carbocycles. The Bertz CT molecular complexity index is 312. The predicted molar refractivity (Wildman–Crippen MR) is 62.3 cm³/mol. The van der Waals surface area contributed by atoms with Crippen LogP contribution in [0.3, 0.4) is 0 Å². The fraction of sp³-hybridized carbons (Fsp3) is 0.778. The molecule has 84 valence electrons. The fourth-order valence-corrected chi connectivity index (χ4v) is 3.45. The zero-order chi connectivity index (χ0) is 10.7. The lowest BCUT2D eigenvalue weighted by Gasteiger charge is -2.15. The van der Waals surface area contributed by atoms with Crippen molar-refractivity contribution < 1.29 is 4.74 Å². The molecule has 1 fully saturated rings. The summed E-state index contributed by atoms with van der Waals surface area (Å²) in [6, 6.07) is 0.210. The van der Waals surface area contributed by atoms with E-state index >= 15 is 0 Å². The Morgan fingerprint density at radius 3 is 3.13 bits per heavy atom. The van der Waals surface area contributed by atoms with Crippen LogP contribution in [-0.4, -0.2) is 35.2 Å². The van der Waals surface area contributed by atoms with Gasteiger partial charge in [0.1, 0.15) is 5.01 Å². The van der Waals surface area contributed by atoms with Crippen LogP contribution in [0.1, 0.15) is 11.4 Å². The van der Waals surface area contributed by atoms with Gasteiger partial charge >= 0.3 is 0 Å². The Morgan fingerprint density at radius 2 is 2.53 bits per heavy atom. The minimum atomic E-state index is 0.210. The number of hydrogen-bond acceptors (Lipinski definition) is 6. The molecule has 0 radical (unpaired) electrons. The standard InChI is InChI=1S/C9H15N3OS2/c1-6-11-12-9(15-6)14-5-8(10)7-2-3-13-4-7/h7-8H,2-5,10H2,1H3. The van der Waals surface area contributed by atoms with Crippen LogP contribution in [0.4, 0.5) is 0 Å². The molecule has 2 N–H and O–H groups in total. The summed E-state index contributed by atoms with van der Waals surface area (Å²) in [6.07, 6.45) is 1.09. The van der Waals surface area contributed by atoms with E-state index in [4.69, 9.17) is 10.5 Å². The molecular formula is C9H15N3OS2. The quantitative estimate of drug-likeness (QED) is 0.810. The van der Waals surface area contributed by atoms with Gasteiger partial charge in [0, 0.05) is 24.3 Å². The molecule has 1 saturated heterocycles. The Morgan fingerprint density at radius 1 is 1.67 bits per heavy atom. The number of aryl methyl sites for hydroxylation is 1. The molecule has 1 aliphatic heterocycles. The van der Waals surface area contributed by atoms with Crippen LogP contribution in [0.15, 0.2) is 4.34 Å². The minimum Gasteiger partial charge on any atom is -0.381 e. The van der Waals surface area contributed by atoms with Crippen LogP contribution < -0.4 is 5.73 Å². The van der Waals surface area contributed by atoms with Crippen LogP contribution in [0.2, 0.25) is 0 Å². The van der Waals surface area contributed by atoms with Crippen LogP contribution in [0.5, 0.6) is 0 Å². The summed E-state index contributed by atoms with van der Waals surface area (Å²) in [7, 11) is 0. The first-order valence-electron chi connectivity index (χ1n) is 5.02. The van der Waals surface area contributed by atoms with E-state index in [0.29, 0.717) is 5.92 Å². The maximum absolute atomic E-state index is 6.09. The van der Waals surface area contributed by atoms with Gasteiger partial charge in [-0.1, -0.05) is 23.1 Å². The number of thioether (sulfide) groups is 1. The molecule has 2 heterocycles. The summed E-state index contributed by atoms with van der Waals surface area (Å²) in [5, 5.41) is 9.04. The van der Waals surface area contributed by atoms with Gasteiger partial charge in [-0.3, -0.25) is 0 Å². The molecule has 4 nitrogen and oxygen atoms in total. The molecule has 2 unspecified atom stereocenters. The van der Waals surface area contributed by atoms with Gasteiger partial charge in [0.15, 0.2) is 4.34 Å². The summed E-state index contributed by atoms with van der Waals surface area (Å²) >= 11 is 3.33. The third-order valence-corrected chi connectivity index (χ3v) is 4.59. The number of nitrogens with zero attached hydrogens (tertiary/aromatic N) is 2. The average molecular weight is 245 g/mol. The lowest BCUT2D eigenvalue weighted by atomic mass is 10.0. The Kier molecular flexibility index (Phi) is 3.96. The Balaban J connectivity index is 1.77. The van der Waals surface area contributed by atoms with Crippen molar-refractivity contribution in [2.75, 3.05) is 19.0 Å². The second kappa shape index (κ2) is 5.25. The molecule has 0 amide bonds. The van der Waals surface area contributed by atoms with E-state index in [-0.39, 0.29) is 6.04 Å². The highest BCUT2D eigenvalue weighted by Gasteiger charge is 2.23. The van der Waals surface area contributed by atoms with Gasteiger partial charge in [0.05, 0.1) is 6.61 Å². The Labute approximate surface area is 97.6 Å². The third kappa shape index (κ3) is 3.14. The smallest absolute Gasteiger partial charge is 0.174 e. The molecular weight excluding hydrogens is 230 g/mol. The van der Waals surface area contributed by atoms with Crippen LogP contribution >= 0.6 is 23.1 Å². The van der Waals surface area contributed by atoms with E-state index in [0.717, 1.165) is 34.7 Å². The normalized spacial score (nSPS) is 23.2. The third-order valence-electron chi connectivity index (χ3n) is 2.48. The van der Waals surface area contributed by atoms with E-state index in [1.807, 2.05) is 6.92 Å². The highest BCUT2D eigenvalue weighted by atomic mass is 32.2. The first-order valence-corrected chi connectivity index (χ1v) is 6.82. The van der Waals surface area contributed by atoms with Gasteiger partial charge in [-0.25, -0.2) is 0 Å². The molecule has 2 atom stereocenters. The zero-order valence-electron chi connectivity index (χ0n) is 8.68. The number of aromatic nitrogens is 2. The summed E-state index contributed by atoms with van der Waals surface area (Å²) in [4.78, 5) is 0. The predicted octanol–water partition coefficient (Wildman–Crippen LogP) is 1.30. The van der Waals surface area contributed by atoms with Gasteiger partial charge in [-0.15, -0.1) is 10.2 Å². The molecule has 6 heteroatoms. The summed E-state index contributed by atoms with van der Waals surface area (Å²) < 4.78 is 6.34. The molecule has 1 aliphatic rings.